The maximum Gasteiger partial charge on any atom is 0.224 e. The molecule has 6 nitrogen and oxygen atoms in total. The lowest BCUT2D eigenvalue weighted by atomic mass is 10.1. The Hall–Kier alpha value is -2.60. The molecule has 0 radical (unpaired) electrons. The van der Waals surface area contributed by atoms with E-state index in [4.69, 9.17) is 30.5 Å². The third-order valence-electron chi connectivity index (χ3n) is 4.41. The summed E-state index contributed by atoms with van der Waals surface area (Å²) in [6.07, 6.45) is 1.92. The van der Waals surface area contributed by atoms with E-state index in [1.165, 1.54) is 0 Å². The number of fused-ring (bicyclic) bond motifs is 1. The predicted octanol–water partition coefficient (Wildman–Crippen LogP) is 4.16. The average Bonchev–Trinajstić information content (AvgIpc) is 2.97. The number of carbonyl (C=O) groups excluding carboxylic acids is 1. The predicted molar refractivity (Wildman–Crippen MR) is 111 cm³/mol. The summed E-state index contributed by atoms with van der Waals surface area (Å²) in [5, 5.41) is 3.38. The van der Waals surface area contributed by atoms with E-state index in [0.717, 1.165) is 24.0 Å². The average molecular weight is 420 g/mol. The molecular weight excluding hydrogens is 394 g/mol. The van der Waals surface area contributed by atoms with Crippen LogP contribution in [0.4, 0.5) is 0 Å². The first-order valence-corrected chi connectivity index (χ1v) is 10.1. The lowest BCUT2D eigenvalue weighted by Crippen LogP contribution is -2.24. The van der Waals surface area contributed by atoms with E-state index in [1.807, 2.05) is 31.2 Å². The van der Waals surface area contributed by atoms with Gasteiger partial charge in [-0.05, 0) is 41.8 Å². The first-order valence-electron chi connectivity index (χ1n) is 9.75. The summed E-state index contributed by atoms with van der Waals surface area (Å²) in [5.74, 6) is 2.38. The van der Waals surface area contributed by atoms with Crippen LogP contribution >= 0.6 is 11.6 Å². The van der Waals surface area contributed by atoms with Gasteiger partial charge in [0.25, 0.3) is 0 Å². The molecule has 156 valence electrons. The second-order valence-electron chi connectivity index (χ2n) is 6.74. The third kappa shape index (κ3) is 5.70. The van der Waals surface area contributed by atoms with Crippen molar-refractivity contribution in [2.75, 3.05) is 26.9 Å². The number of halogens is 1. The van der Waals surface area contributed by atoms with Crippen molar-refractivity contribution in [3.8, 4) is 23.0 Å². The normalized spacial score (nSPS) is 12.8. The minimum absolute atomic E-state index is 0.110. The summed E-state index contributed by atoms with van der Waals surface area (Å²) < 4.78 is 22.3. The Bertz CT molecular complexity index is 855. The molecule has 1 aliphatic heterocycles. The fourth-order valence-corrected chi connectivity index (χ4v) is 3.28. The largest absolute Gasteiger partial charge is 0.493 e. The van der Waals surface area contributed by atoms with Gasteiger partial charge in [-0.25, -0.2) is 0 Å². The van der Waals surface area contributed by atoms with Gasteiger partial charge in [-0.3, -0.25) is 4.79 Å². The zero-order valence-corrected chi connectivity index (χ0v) is 17.5. The quantitative estimate of drug-likeness (QED) is 0.696. The van der Waals surface area contributed by atoms with Gasteiger partial charge in [-0.1, -0.05) is 24.6 Å². The van der Waals surface area contributed by atoms with Gasteiger partial charge in [0.1, 0.15) is 0 Å². The standard InChI is InChI=1S/C22H26ClNO5/c1-3-7-27-18-6-5-15(11-19(18)26-2)14-24-21(25)13-16-10-17(23)22-20(12-16)28-8-4-9-29-22/h5-6,10-12H,3-4,7-9,13-14H2,1-2H3,(H,24,25). The Kier molecular flexibility index (Phi) is 7.47. The number of benzene rings is 2. The Balaban J connectivity index is 1.60. The molecule has 0 saturated heterocycles. The topological polar surface area (TPSA) is 66.0 Å². The Morgan fingerprint density at radius 3 is 2.76 bits per heavy atom. The SMILES string of the molecule is CCCOc1ccc(CNC(=O)Cc2cc(Cl)c3c(c2)OCCCO3)cc1OC. The fourth-order valence-electron chi connectivity index (χ4n) is 2.99. The van der Waals surface area contributed by atoms with Crippen LogP contribution in [0.15, 0.2) is 30.3 Å². The van der Waals surface area contributed by atoms with Gasteiger partial charge in [0, 0.05) is 13.0 Å². The summed E-state index contributed by atoms with van der Waals surface area (Å²) in [4.78, 5) is 12.4. The molecule has 29 heavy (non-hydrogen) atoms. The first kappa shape index (κ1) is 21.1. The number of carbonyl (C=O) groups is 1. The van der Waals surface area contributed by atoms with Gasteiger partial charge in [-0.15, -0.1) is 0 Å². The van der Waals surface area contributed by atoms with Crippen molar-refractivity contribution in [3.05, 3.63) is 46.5 Å². The molecule has 0 fully saturated rings. The van der Waals surface area contributed by atoms with Crippen molar-refractivity contribution in [1.82, 2.24) is 5.32 Å². The second kappa shape index (κ2) is 10.3. The van der Waals surface area contributed by atoms with Gasteiger partial charge >= 0.3 is 0 Å². The van der Waals surface area contributed by atoms with Crippen LogP contribution in [-0.4, -0.2) is 32.8 Å². The minimum atomic E-state index is -0.110. The van der Waals surface area contributed by atoms with Gasteiger partial charge in [-0.2, -0.15) is 0 Å². The molecular formula is C22H26ClNO5. The molecule has 0 atom stereocenters. The van der Waals surface area contributed by atoms with Crippen LogP contribution in [0.25, 0.3) is 0 Å². The van der Waals surface area contributed by atoms with Crippen LogP contribution in [0.3, 0.4) is 0 Å². The minimum Gasteiger partial charge on any atom is -0.493 e. The van der Waals surface area contributed by atoms with Gasteiger partial charge in [0.05, 0.1) is 38.4 Å². The number of rotatable bonds is 8. The summed E-state index contributed by atoms with van der Waals surface area (Å²) in [6, 6.07) is 9.21. The lowest BCUT2D eigenvalue weighted by molar-refractivity contribution is -0.120. The smallest absolute Gasteiger partial charge is 0.224 e. The monoisotopic (exact) mass is 419 g/mol. The van der Waals surface area contributed by atoms with Crippen LogP contribution in [0.1, 0.15) is 30.9 Å². The Morgan fingerprint density at radius 2 is 1.97 bits per heavy atom. The molecule has 0 spiro atoms. The number of hydrogen-bond donors (Lipinski definition) is 1. The molecule has 1 aliphatic rings. The molecule has 0 unspecified atom stereocenters. The van der Waals surface area contributed by atoms with Gasteiger partial charge in [0.2, 0.25) is 5.91 Å². The fraction of sp³-hybridized carbons (Fsp3) is 0.409. The van der Waals surface area contributed by atoms with Crippen molar-refractivity contribution in [2.24, 2.45) is 0 Å². The number of amides is 1. The number of hydrogen-bond acceptors (Lipinski definition) is 5. The maximum absolute atomic E-state index is 12.4. The highest BCUT2D eigenvalue weighted by atomic mass is 35.5. The maximum atomic E-state index is 12.4. The number of methoxy groups -OCH3 is 1. The van der Waals surface area contributed by atoms with Crippen molar-refractivity contribution in [2.45, 2.75) is 32.7 Å². The molecule has 0 aromatic heterocycles. The van der Waals surface area contributed by atoms with E-state index in [2.05, 4.69) is 5.32 Å². The zero-order chi connectivity index (χ0) is 20.6. The van der Waals surface area contributed by atoms with Crippen LogP contribution in [-0.2, 0) is 17.8 Å². The molecule has 0 bridgehead atoms. The summed E-state index contributed by atoms with van der Waals surface area (Å²) in [7, 11) is 1.60. The molecule has 0 saturated carbocycles. The van der Waals surface area contributed by atoms with Gasteiger partial charge < -0.3 is 24.3 Å². The number of nitrogens with one attached hydrogen (secondary N) is 1. The highest BCUT2D eigenvalue weighted by Gasteiger charge is 2.17. The van der Waals surface area contributed by atoms with Crippen molar-refractivity contribution in [1.29, 1.82) is 0 Å². The van der Waals surface area contributed by atoms with E-state index in [1.54, 1.807) is 13.2 Å². The summed E-state index contributed by atoms with van der Waals surface area (Å²) in [6.45, 7) is 4.20. The highest BCUT2D eigenvalue weighted by Crippen LogP contribution is 2.38. The molecule has 7 heteroatoms. The second-order valence-corrected chi connectivity index (χ2v) is 7.15. The lowest BCUT2D eigenvalue weighted by Gasteiger charge is -2.13. The molecule has 3 rings (SSSR count). The summed E-state index contributed by atoms with van der Waals surface area (Å²) in [5.41, 5.74) is 1.70. The van der Waals surface area contributed by atoms with Crippen molar-refractivity contribution >= 4 is 17.5 Å². The zero-order valence-electron chi connectivity index (χ0n) is 16.8. The molecule has 0 aliphatic carbocycles. The number of ether oxygens (including phenoxy) is 4. The Morgan fingerprint density at radius 1 is 1.14 bits per heavy atom. The van der Waals surface area contributed by atoms with E-state index in [0.29, 0.717) is 54.4 Å². The molecule has 2 aromatic carbocycles. The third-order valence-corrected chi connectivity index (χ3v) is 4.69. The van der Waals surface area contributed by atoms with Crippen molar-refractivity contribution in [3.63, 3.8) is 0 Å². The van der Waals surface area contributed by atoms with Gasteiger partial charge in [0.15, 0.2) is 23.0 Å². The van der Waals surface area contributed by atoms with E-state index < -0.39 is 0 Å². The highest BCUT2D eigenvalue weighted by molar-refractivity contribution is 6.32. The first-order chi connectivity index (χ1) is 14.1. The van der Waals surface area contributed by atoms with Crippen LogP contribution in [0, 0.1) is 0 Å². The van der Waals surface area contributed by atoms with Crippen LogP contribution in [0.2, 0.25) is 5.02 Å². The van der Waals surface area contributed by atoms with E-state index in [-0.39, 0.29) is 12.3 Å². The van der Waals surface area contributed by atoms with Crippen LogP contribution < -0.4 is 24.3 Å². The molecule has 1 amide bonds. The van der Waals surface area contributed by atoms with E-state index >= 15 is 0 Å². The molecule has 1 N–H and O–H groups in total. The van der Waals surface area contributed by atoms with E-state index in [9.17, 15) is 4.79 Å². The molecule has 2 aromatic rings. The Labute approximate surface area is 176 Å². The van der Waals surface area contributed by atoms with Crippen LogP contribution in [0.5, 0.6) is 23.0 Å². The molecule has 1 heterocycles. The van der Waals surface area contributed by atoms with Crippen molar-refractivity contribution < 1.29 is 23.7 Å². The summed E-state index contributed by atoms with van der Waals surface area (Å²) >= 11 is 6.30.